The van der Waals surface area contributed by atoms with Gasteiger partial charge in [-0.25, -0.2) is 0 Å². The highest BCUT2D eigenvalue weighted by atomic mass is 32.1. The Kier molecular flexibility index (Phi) is 4.19. The van der Waals surface area contributed by atoms with Gasteiger partial charge in [0.1, 0.15) is 0 Å². The average molecular weight is 263 g/mol. The molecular formula is C14H21N3S. The topological polar surface area (TPSA) is 29.9 Å². The molecule has 0 aliphatic carbocycles. The highest BCUT2D eigenvalue weighted by molar-refractivity contribution is 7.10. The molecule has 0 saturated carbocycles. The average Bonchev–Trinajstić information content (AvgIpc) is 2.92. The van der Waals surface area contributed by atoms with Crippen molar-refractivity contribution in [2.45, 2.75) is 33.2 Å². The Bertz CT molecular complexity index is 513. The zero-order valence-corrected chi connectivity index (χ0v) is 12.3. The van der Waals surface area contributed by atoms with Crippen LogP contribution in [0.25, 0.3) is 0 Å². The van der Waals surface area contributed by atoms with Crippen molar-refractivity contribution in [1.82, 2.24) is 15.1 Å². The molecule has 1 N–H and O–H groups in total. The van der Waals surface area contributed by atoms with Crippen LogP contribution >= 0.6 is 11.3 Å². The SMILES string of the molecule is CCNC(c1cn(C)nc1CC)c1sccc1C. The molecule has 2 rings (SSSR count). The zero-order valence-electron chi connectivity index (χ0n) is 11.5. The Balaban J connectivity index is 2.44. The van der Waals surface area contributed by atoms with Crippen LogP contribution in [0.5, 0.6) is 0 Å². The summed E-state index contributed by atoms with van der Waals surface area (Å²) in [5.41, 5.74) is 3.86. The molecule has 0 aromatic carbocycles. The summed E-state index contributed by atoms with van der Waals surface area (Å²) in [5.74, 6) is 0. The smallest absolute Gasteiger partial charge is 0.0707 e. The van der Waals surface area contributed by atoms with Gasteiger partial charge < -0.3 is 5.32 Å². The lowest BCUT2D eigenvalue weighted by atomic mass is 10.0. The van der Waals surface area contributed by atoms with E-state index in [0.717, 1.165) is 13.0 Å². The molecule has 0 bridgehead atoms. The van der Waals surface area contributed by atoms with Crippen molar-refractivity contribution < 1.29 is 0 Å². The Labute approximate surface area is 113 Å². The lowest BCUT2D eigenvalue weighted by molar-refractivity contribution is 0.632. The van der Waals surface area contributed by atoms with E-state index in [2.05, 4.69) is 48.8 Å². The fourth-order valence-electron chi connectivity index (χ4n) is 2.30. The van der Waals surface area contributed by atoms with Gasteiger partial charge in [-0.05, 0) is 36.9 Å². The van der Waals surface area contributed by atoms with E-state index in [9.17, 15) is 0 Å². The van der Waals surface area contributed by atoms with Crippen LogP contribution in [-0.4, -0.2) is 16.3 Å². The first-order valence-electron chi connectivity index (χ1n) is 6.47. The van der Waals surface area contributed by atoms with Crippen molar-refractivity contribution in [3.63, 3.8) is 0 Å². The standard InChI is InChI=1S/C14H21N3S/c1-5-12-11(9-17(4)16-12)13(15-6-2)14-10(3)7-8-18-14/h7-9,13,15H,5-6H2,1-4H3. The Morgan fingerprint density at radius 3 is 2.78 bits per heavy atom. The molecule has 98 valence electrons. The van der Waals surface area contributed by atoms with E-state index >= 15 is 0 Å². The van der Waals surface area contributed by atoms with Crippen LogP contribution in [0.1, 0.15) is 41.6 Å². The van der Waals surface area contributed by atoms with Gasteiger partial charge >= 0.3 is 0 Å². The lowest BCUT2D eigenvalue weighted by Crippen LogP contribution is -2.22. The van der Waals surface area contributed by atoms with Gasteiger partial charge in [-0.2, -0.15) is 5.10 Å². The van der Waals surface area contributed by atoms with Crippen LogP contribution in [0.3, 0.4) is 0 Å². The molecule has 0 aliphatic heterocycles. The lowest BCUT2D eigenvalue weighted by Gasteiger charge is -2.17. The van der Waals surface area contributed by atoms with E-state index < -0.39 is 0 Å². The van der Waals surface area contributed by atoms with Crippen molar-refractivity contribution in [3.8, 4) is 0 Å². The van der Waals surface area contributed by atoms with E-state index in [-0.39, 0.29) is 6.04 Å². The number of hydrogen-bond donors (Lipinski definition) is 1. The number of rotatable bonds is 5. The van der Waals surface area contributed by atoms with Crippen LogP contribution in [0.15, 0.2) is 17.6 Å². The number of thiophene rings is 1. The summed E-state index contributed by atoms with van der Waals surface area (Å²) in [7, 11) is 1.99. The summed E-state index contributed by atoms with van der Waals surface area (Å²) < 4.78 is 1.92. The van der Waals surface area contributed by atoms with Crippen molar-refractivity contribution in [1.29, 1.82) is 0 Å². The third-order valence-corrected chi connectivity index (χ3v) is 4.24. The third-order valence-electron chi connectivity index (χ3n) is 3.16. The van der Waals surface area contributed by atoms with Crippen LogP contribution in [-0.2, 0) is 13.5 Å². The molecule has 0 radical (unpaired) electrons. The van der Waals surface area contributed by atoms with E-state index in [1.807, 2.05) is 23.1 Å². The summed E-state index contributed by atoms with van der Waals surface area (Å²) >= 11 is 1.82. The van der Waals surface area contributed by atoms with Crippen LogP contribution in [0.2, 0.25) is 0 Å². The van der Waals surface area contributed by atoms with Crippen molar-refractivity contribution >= 4 is 11.3 Å². The quantitative estimate of drug-likeness (QED) is 0.898. The van der Waals surface area contributed by atoms with Crippen molar-refractivity contribution in [2.75, 3.05) is 6.54 Å². The fourth-order valence-corrected chi connectivity index (χ4v) is 3.32. The predicted molar refractivity (Wildman–Crippen MR) is 77.2 cm³/mol. The van der Waals surface area contributed by atoms with E-state index in [0.29, 0.717) is 0 Å². The molecule has 0 saturated heterocycles. The minimum atomic E-state index is 0.277. The second kappa shape index (κ2) is 5.67. The Morgan fingerprint density at radius 2 is 2.22 bits per heavy atom. The molecule has 0 spiro atoms. The minimum Gasteiger partial charge on any atom is -0.306 e. The van der Waals surface area contributed by atoms with Gasteiger partial charge in [-0.3, -0.25) is 4.68 Å². The second-order valence-corrected chi connectivity index (χ2v) is 5.46. The molecule has 2 aromatic rings. The van der Waals surface area contributed by atoms with Gasteiger partial charge in [-0.1, -0.05) is 13.8 Å². The molecule has 1 unspecified atom stereocenters. The van der Waals surface area contributed by atoms with Gasteiger partial charge in [0.25, 0.3) is 0 Å². The maximum atomic E-state index is 4.55. The summed E-state index contributed by atoms with van der Waals surface area (Å²) in [5, 5.41) is 10.3. The normalized spacial score (nSPS) is 12.9. The monoisotopic (exact) mass is 263 g/mol. The Hall–Kier alpha value is -1.13. The molecule has 4 heteroatoms. The molecule has 2 heterocycles. The van der Waals surface area contributed by atoms with E-state index in [1.165, 1.54) is 21.7 Å². The molecular weight excluding hydrogens is 242 g/mol. The first-order chi connectivity index (χ1) is 8.67. The van der Waals surface area contributed by atoms with Crippen molar-refractivity contribution in [3.05, 3.63) is 39.3 Å². The summed E-state index contributed by atoms with van der Waals surface area (Å²) in [4.78, 5) is 1.40. The van der Waals surface area contributed by atoms with Crippen LogP contribution in [0, 0.1) is 6.92 Å². The van der Waals surface area contributed by atoms with Gasteiger partial charge in [0.15, 0.2) is 0 Å². The maximum Gasteiger partial charge on any atom is 0.0707 e. The van der Waals surface area contributed by atoms with Crippen LogP contribution in [0.4, 0.5) is 0 Å². The molecule has 1 atom stereocenters. The number of nitrogens with zero attached hydrogens (tertiary/aromatic N) is 2. The van der Waals surface area contributed by atoms with E-state index in [1.54, 1.807) is 0 Å². The molecule has 0 amide bonds. The number of aromatic nitrogens is 2. The van der Waals surface area contributed by atoms with Crippen molar-refractivity contribution in [2.24, 2.45) is 7.05 Å². The predicted octanol–water partition coefficient (Wildman–Crippen LogP) is 3.05. The molecule has 2 aromatic heterocycles. The number of hydrogen-bond acceptors (Lipinski definition) is 3. The number of nitrogens with one attached hydrogen (secondary N) is 1. The summed E-state index contributed by atoms with van der Waals surface area (Å²) in [6.45, 7) is 7.45. The highest BCUT2D eigenvalue weighted by Gasteiger charge is 2.21. The zero-order chi connectivity index (χ0) is 13.1. The summed E-state index contributed by atoms with van der Waals surface area (Å²) in [6.07, 6.45) is 3.12. The largest absolute Gasteiger partial charge is 0.306 e. The minimum absolute atomic E-state index is 0.277. The van der Waals surface area contributed by atoms with Gasteiger partial charge in [0.05, 0.1) is 11.7 Å². The van der Waals surface area contributed by atoms with Gasteiger partial charge in [-0.15, -0.1) is 11.3 Å². The molecule has 0 fully saturated rings. The first-order valence-corrected chi connectivity index (χ1v) is 7.35. The number of aryl methyl sites for hydroxylation is 3. The highest BCUT2D eigenvalue weighted by Crippen LogP contribution is 2.31. The van der Waals surface area contributed by atoms with E-state index in [4.69, 9.17) is 0 Å². The molecule has 3 nitrogen and oxygen atoms in total. The second-order valence-electron chi connectivity index (χ2n) is 4.52. The van der Waals surface area contributed by atoms with Crippen LogP contribution < -0.4 is 5.32 Å². The van der Waals surface area contributed by atoms with Gasteiger partial charge in [0, 0.05) is 23.7 Å². The summed E-state index contributed by atoms with van der Waals surface area (Å²) in [6, 6.07) is 2.46. The fraction of sp³-hybridized carbons (Fsp3) is 0.500. The third kappa shape index (κ3) is 2.49. The molecule has 18 heavy (non-hydrogen) atoms. The maximum absolute atomic E-state index is 4.55. The molecule has 0 aliphatic rings. The van der Waals surface area contributed by atoms with Gasteiger partial charge in [0.2, 0.25) is 0 Å². The first kappa shape index (κ1) is 13.3. The Morgan fingerprint density at radius 1 is 1.44 bits per heavy atom.